The third-order valence-electron chi connectivity index (χ3n) is 5.59. The molecule has 2 aromatic heterocycles. The maximum absolute atomic E-state index is 15.3. The molecule has 34 heavy (non-hydrogen) atoms. The van der Waals surface area contributed by atoms with Crippen LogP contribution >= 0.6 is 23.2 Å². The Balaban J connectivity index is 1.90. The van der Waals surface area contributed by atoms with Gasteiger partial charge in [-0.25, -0.2) is 18.6 Å². The topological polar surface area (TPSA) is 60.1 Å². The van der Waals surface area contributed by atoms with Crippen LogP contribution in [-0.4, -0.2) is 25.2 Å². The molecule has 0 amide bonds. The van der Waals surface area contributed by atoms with E-state index in [4.69, 9.17) is 23.2 Å². The molecule has 0 fully saturated rings. The van der Waals surface area contributed by atoms with Crippen LogP contribution in [0, 0.1) is 11.6 Å². The van der Waals surface area contributed by atoms with Crippen molar-refractivity contribution in [2.45, 2.75) is 0 Å². The lowest BCUT2D eigenvalue weighted by Crippen LogP contribution is -2.05. The zero-order valence-corrected chi connectivity index (χ0v) is 19.1. The van der Waals surface area contributed by atoms with Gasteiger partial charge in [-0.3, -0.25) is 4.57 Å². The predicted molar refractivity (Wildman–Crippen MR) is 128 cm³/mol. The van der Waals surface area contributed by atoms with Crippen molar-refractivity contribution >= 4 is 40.1 Å². The highest BCUT2D eigenvalue weighted by Gasteiger charge is 2.27. The number of hydrogen-bond donors (Lipinski definition) is 1. The Morgan fingerprint density at radius 2 is 1.74 bits per heavy atom. The van der Waals surface area contributed by atoms with Gasteiger partial charge in [-0.05, 0) is 54.6 Å². The molecule has 0 bridgehead atoms. The van der Waals surface area contributed by atoms with Crippen LogP contribution in [0.4, 0.5) is 8.78 Å². The Morgan fingerprint density at radius 1 is 0.971 bits per heavy atom. The minimum atomic E-state index is -1.33. The number of aromatic carboxylic acids is 1. The van der Waals surface area contributed by atoms with E-state index >= 15 is 4.39 Å². The summed E-state index contributed by atoms with van der Waals surface area (Å²) in [4.78, 5) is 16.6. The van der Waals surface area contributed by atoms with Gasteiger partial charge in [-0.2, -0.15) is 0 Å². The van der Waals surface area contributed by atoms with Gasteiger partial charge in [-0.1, -0.05) is 29.3 Å². The first-order chi connectivity index (χ1) is 16.3. The Kier molecular flexibility index (Phi) is 5.38. The number of halogens is 4. The number of carboxylic acids is 1. The first-order valence-corrected chi connectivity index (χ1v) is 10.8. The molecule has 1 N–H and O–H groups in total. The normalized spacial score (nSPS) is 11.3. The van der Waals surface area contributed by atoms with Gasteiger partial charge in [-0.15, -0.1) is 0 Å². The molecule has 5 rings (SSSR count). The molecule has 0 saturated carbocycles. The second-order valence-corrected chi connectivity index (χ2v) is 8.49. The average Bonchev–Trinajstić information content (AvgIpc) is 3.38. The zero-order valence-electron chi connectivity index (χ0n) is 17.6. The van der Waals surface area contributed by atoms with Crippen LogP contribution in [0.25, 0.3) is 39.2 Å². The number of hydrogen-bond acceptors (Lipinski definition) is 2. The van der Waals surface area contributed by atoms with Gasteiger partial charge in [0.2, 0.25) is 0 Å². The van der Waals surface area contributed by atoms with Gasteiger partial charge in [0.15, 0.2) is 11.5 Å². The minimum Gasteiger partial charge on any atom is -0.476 e. The third-order valence-corrected chi connectivity index (χ3v) is 6.17. The van der Waals surface area contributed by atoms with Crippen molar-refractivity contribution in [1.29, 1.82) is 0 Å². The number of imidazole rings is 1. The van der Waals surface area contributed by atoms with Gasteiger partial charge >= 0.3 is 5.97 Å². The standard InChI is InChI=1S/C25H15Cl2F2N3O2/c1-31-10-9-13-11-15(6-8-19(13)31)24-30-22(25(33)34)23(14-5-7-18(28)17(27)12-14)32(24)20-4-2-3-16(26)21(20)29/h2-12H,1H3,(H,33,34). The number of carbonyl (C=O) groups is 1. The molecule has 5 nitrogen and oxygen atoms in total. The van der Waals surface area contributed by atoms with E-state index in [1.807, 2.05) is 36.0 Å². The van der Waals surface area contributed by atoms with Crippen molar-refractivity contribution in [1.82, 2.24) is 14.1 Å². The fourth-order valence-corrected chi connectivity index (χ4v) is 4.34. The van der Waals surface area contributed by atoms with E-state index < -0.39 is 17.6 Å². The van der Waals surface area contributed by atoms with Gasteiger partial charge in [0.1, 0.15) is 11.6 Å². The van der Waals surface area contributed by atoms with Crippen molar-refractivity contribution in [3.8, 4) is 28.3 Å². The third kappa shape index (κ3) is 3.54. The predicted octanol–water partition coefficient (Wildman–Crippen LogP) is 6.98. The van der Waals surface area contributed by atoms with Crippen LogP contribution in [-0.2, 0) is 7.05 Å². The van der Waals surface area contributed by atoms with Gasteiger partial charge in [0.05, 0.1) is 21.4 Å². The van der Waals surface area contributed by atoms with Crippen LogP contribution in [0.15, 0.2) is 66.9 Å². The summed E-state index contributed by atoms with van der Waals surface area (Å²) in [5.41, 5.74) is 1.46. The van der Waals surface area contributed by atoms with E-state index in [-0.39, 0.29) is 38.5 Å². The minimum absolute atomic E-state index is 0.00824. The molecular weight excluding hydrogens is 483 g/mol. The van der Waals surface area contributed by atoms with Gasteiger partial charge < -0.3 is 9.67 Å². The lowest BCUT2D eigenvalue weighted by atomic mass is 10.1. The van der Waals surface area contributed by atoms with Crippen molar-refractivity contribution in [2.24, 2.45) is 7.05 Å². The maximum atomic E-state index is 15.3. The van der Waals surface area contributed by atoms with Gasteiger partial charge in [0.25, 0.3) is 0 Å². The summed E-state index contributed by atoms with van der Waals surface area (Å²) in [6.07, 6.45) is 1.90. The molecule has 2 heterocycles. The summed E-state index contributed by atoms with van der Waals surface area (Å²) in [6, 6.07) is 15.6. The van der Waals surface area contributed by atoms with Crippen LogP contribution in [0.2, 0.25) is 10.0 Å². The summed E-state index contributed by atoms with van der Waals surface area (Å²) in [7, 11) is 1.91. The van der Waals surface area contributed by atoms with Crippen LogP contribution in [0.5, 0.6) is 0 Å². The Bertz CT molecular complexity index is 1610. The van der Waals surface area contributed by atoms with Crippen molar-refractivity contribution in [3.05, 3.63) is 94.2 Å². The van der Waals surface area contributed by atoms with E-state index in [0.29, 0.717) is 5.56 Å². The Hall–Kier alpha value is -3.68. The highest BCUT2D eigenvalue weighted by atomic mass is 35.5. The number of aryl methyl sites for hydroxylation is 1. The van der Waals surface area contributed by atoms with E-state index in [9.17, 15) is 14.3 Å². The molecule has 3 aromatic carbocycles. The van der Waals surface area contributed by atoms with E-state index in [1.165, 1.54) is 28.8 Å². The Morgan fingerprint density at radius 3 is 2.47 bits per heavy atom. The molecule has 0 radical (unpaired) electrons. The summed E-state index contributed by atoms with van der Waals surface area (Å²) >= 11 is 12.1. The van der Waals surface area contributed by atoms with E-state index in [2.05, 4.69) is 4.98 Å². The highest BCUT2D eigenvalue weighted by molar-refractivity contribution is 6.31. The average molecular weight is 498 g/mol. The summed E-state index contributed by atoms with van der Waals surface area (Å²) < 4.78 is 32.5. The number of fused-ring (bicyclic) bond motifs is 1. The lowest BCUT2D eigenvalue weighted by molar-refractivity contribution is 0.0692. The lowest BCUT2D eigenvalue weighted by Gasteiger charge is -2.15. The van der Waals surface area contributed by atoms with E-state index in [1.54, 1.807) is 12.1 Å². The molecular formula is C25H15Cl2F2N3O2. The SMILES string of the molecule is Cn1ccc2cc(-c3nc(C(=O)O)c(-c4ccc(F)c(Cl)c4)n3-c3cccc(Cl)c3F)ccc21. The molecule has 0 spiro atoms. The largest absolute Gasteiger partial charge is 0.476 e. The quantitative estimate of drug-likeness (QED) is 0.291. The van der Waals surface area contributed by atoms with Crippen LogP contribution in [0.3, 0.4) is 0 Å². The zero-order chi connectivity index (χ0) is 24.1. The smallest absolute Gasteiger partial charge is 0.356 e. The second kappa shape index (κ2) is 8.27. The summed E-state index contributed by atoms with van der Waals surface area (Å²) in [6.45, 7) is 0. The van der Waals surface area contributed by atoms with Crippen molar-refractivity contribution in [3.63, 3.8) is 0 Å². The van der Waals surface area contributed by atoms with Crippen LogP contribution in [0.1, 0.15) is 10.5 Å². The molecule has 9 heteroatoms. The Labute approximate surface area is 202 Å². The van der Waals surface area contributed by atoms with Crippen molar-refractivity contribution < 1.29 is 18.7 Å². The number of carboxylic acid groups (broad SMARTS) is 1. The fraction of sp³-hybridized carbons (Fsp3) is 0.0400. The first-order valence-electron chi connectivity index (χ1n) is 10.1. The first kappa shape index (κ1) is 22.1. The number of aromatic nitrogens is 3. The number of rotatable bonds is 4. The fourth-order valence-electron chi connectivity index (χ4n) is 3.99. The molecule has 0 unspecified atom stereocenters. The molecule has 5 aromatic rings. The summed E-state index contributed by atoms with van der Waals surface area (Å²) in [5, 5.41) is 10.5. The molecule has 170 valence electrons. The maximum Gasteiger partial charge on any atom is 0.356 e. The molecule has 0 aliphatic rings. The molecule has 0 aliphatic heterocycles. The number of benzene rings is 3. The van der Waals surface area contributed by atoms with Gasteiger partial charge in [0, 0.05) is 35.3 Å². The highest BCUT2D eigenvalue weighted by Crippen LogP contribution is 2.37. The molecule has 0 atom stereocenters. The monoisotopic (exact) mass is 497 g/mol. The van der Waals surface area contributed by atoms with Crippen LogP contribution < -0.4 is 0 Å². The van der Waals surface area contributed by atoms with E-state index in [0.717, 1.165) is 17.0 Å². The number of nitrogens with zero attached hydrogens (tertiary/aromatic N) is 3. The molecule has 0 aliphatic carbocycles. The molecule has 0 saturated heterocycles. The second-order valence-electron chi connectivity index (χ2n) is 7.68. The van der Waals surface area contributed by atoms with Crippen molar-refractivity contribution in [2.75, 3.05) is 0 Å². The summed E-state index contributed by atoms with van der Waals surface area (Å²) in [5.74, 6) is -2.58.